The third kappa shape index (κ3) is 3.05. The highest BCUT2D eigenvalue weighted by Crippen LogP contribution is 2.30. The largest absolute Gasteiger partial charge is 0.477 e. The molecule has 0 amide bonds. The summed E-state index contributed by atoms with van der Waals surface area (Å²) in [6.07, 6.45) is 1.33. The van der Waals surface area contributed by atoms with Crippen molar-refractivity contribution in [1.82, 2.24) is 9.97 Å². The number of nitrogens with zero attached hydrogens (tertiary/aromatic N) is 2. The Morgan fingerprint density at radius 1 is 1.28 bits per heavy atom. The van der Waals surface area contributed by atoms with Gasteiger partial charge in [-0.1, -0.05) is 15.9 Å². The van der Waals surface area contributed by atoms with Gasteiger partial charge in [0.2, 0.25) is 0 Å². The minimum Gasteiger partial charge on any atom is -0.477 e. The predicted molar refractivity (Wildman–Crippen MR) is 70.9 cm³/mol. The Balaban J connectivity index is 2.28. The number of carbonyl (C=O) groups is 1. The van der Waals surface area contributed by atoms with Crippen LogP contribution in [0.25, 0.3) is 0 Å². The SMILES string of the molecule is O=C(O)c1ccnc(Oc2ccc(Br)cc2Br)n1. The number of carboxylic acid groups (broad SMARTS) is 1. The summed E-state index contributed by atoms with van der Waals surface area (Å²) >= 11 is 6.64. The summed E-state index contributed by atoms with van der Waals surface area (Å²) in [5.74, 6) is -0.627. The lowest BCUT2D eigenvalue weighted by atomic mass is 10.3. The lowest BCUT2D eigenvalue weighted by Crippen LogP contribution is -2.02. The standard InChI is InChI=1S/C11H6Br2N2O3/c12-6-1-2-9(7(13)5-6)18-11-14-4-3-8(15-11)10(16)17/h1-5H,(H,16,17). The molecule has 0 fully saturated rings. The van der Waals surface area contributed by atoms with Crippen molar-refractivity contribution >= 4 is 37.8 Å². The molecule has 0 aliphatic carbocycles. The Morgan fingerprint density at radius 3 is 2.72 bits per heavy atom. The highest BCUT2D eigenvalue weighted by atomic mass is 79.9. The number of halogens is 2. The summed E-state index contributed by atoms with van der Waals surface area (Å²) in [7, 11) is 0. The van der Waals surface area contributed by atoms with Crippen molar-refractivity contribution in [3.05, 3.63) is 45.1 Å². The van der Waals surface area contributed by atoms with Gasteiger partial charge in [0, 0.05) is 10.7 Å². The van der Waals surface area contributed by atoms with Gasteiger partial charge < -0.3 is 9.84 Å². The molecule has 0 bridgehead atoms. The number of aromatic nitrogens is 2. The van der Waals surface area contributed by atoms with Crippen LogP contribution in [-0.4, -0.2) is 21.0 Å². The molecule has 0 aliphatic rings. The minimum atomic E-state index is -1.13. The molecule has 0 atom stereocenters. The Kier molecular flexibility index (Phi) is 3.93. The van der Waals surface area contributed by atoms with Crippen LogP contribution in [0, 0.1) is 0 Å². The summed E-state index contributed by atoms with van der Waals surface area (Å²) in [4.78, 5) is 18.4. The van der Waals surface area contributed by atoms with Crippen LogP contribution in [0.4, 0.5) is 0 Å². The van der Waals surface area contributed by atoms with Gasteiger partial charge in [-0.15, -0.1) is 0 Å². The van der Waals surface area contributed by atoms with Crippen LogP contribution in [0.1, 0.15) is 10.5 Å². The molecule has 1 heterocycles. The van der Waals surface area contributed by atoms with Crippen LogP contribution in [0.5, 0.6) is 11.8 Å². The van der Waals surface area contributed by atoms with E-state index in [1.807, 2.05) is 0 Å². The first-order chi connectivity index (χ1) is 8.56. The maximum absolute atomic E-state index is 10.8. The average Bonchev–Trinajstić information content (AvgIpc) is 2.33. The molecule has 7 heteroatoms. The average molecular weight is 374 g/mol. The van der Waals surface area contributed by atoms with Crippen molar-refractivity contribution in [2.45, 2.75) is 0 Å². The molecule has 1 aromatic heterocycles. The number of aromatic carboxylic acids is 1. The highest BCUT2D eigenvalue weighted by molar-refractivity contribution is 9.11. The molecule has 0 unspecified atom stereocenters. The number of hydrogen-bond donors (Lipinski definition) is 1. The number of ether oxygens (including phenoxy) is 1. The molecule has 0 aliphatic heterocycles. The first-order valence-electron chi connectivity index (χ1n) is 4.75. The molecule has 5 nitrogen and oxygen atoms in total. The van der Waals surface area contributed by atoms with Crippen LogP contribution in [0.2, 0.25) is 0 Å². The third-order valence-corrected chi connectivity index (χ3v) is 3.06. The summed E-state index contributed by atoms with van der Waals surface area (Å²) in [5, 5.41) is 8.81. The van der Waals surface area contributed by atoms with Crippen LogP contribution < -0.4 is 4.74 Å². The van der Waals surface area contributed by atoms with E-state index in [1.165, 1.54) is 12.3 Å². The highest BCUT2D eigenvalue weighted by Gasteiger charge is 2.09. The van der Waals surface area contributed by atoms with Crippen molar-refractivity contribution in [2.75, 3.05) is 0 Å². The molecule has 0 saturated heterocycles. The lowest BCUT2D eigenvalue weighted by Gasteiger charge is -2.06. The second-order valence-electron chi connectivity index (χ2n) is 3.21. The molecule has 1 N–H and O–H groups in total. The lowest BCUT2D eigenvalue weighted by molar-refractivity contribution is 0.0689. The van der Waals surface area contributed by atoms with Crippen molar-refractivity contribution in [2.24, 2.45) is 0 Å². The minimum absolute atomic E-state index is 0.0158. The van der Waals surface area contributed by atoms with Gasteiger partial charge in [0.05, 0.1) is 4.47 Å². The fourth-order valence-corrected chi connectivity index (χ4v) is 2.29. The van der Waals surface area contributed by atoms with Gasteiger partial charge in [0.25, 0.3) is 0 Å². The summed E-state index contributed by atoms with van der Waals surface area (Å²) in [6.45, 7) is 0. The fourth-order valence-electron chi connectivity index (χ4n) is 1.17. The first-order valence-corrected chi connectivity index (χ1v) is 6.34. The van der Waals surface area contributed by atoms with Crippen LogP contribution in [0.3, 0.4) is 0 Å². The molecule has 0 spiro atoms. The Morgan fingerprint density at radius 2 is 2.06 bits per heavy atom. The molecule has 2 rings (SSSR count). The monoisotopic (exact) mass is 372 g/mol. The molecule has 92 valence electrons. The zero-order chi connectivity index (χ0) is 13.1. The molecule has 0 saturated carbocycles. The van der Waals surface area contributed by atoms with Crippen molar-refractivity contribution < 1.29 is 14.6 Å². The number of benzene rings is 1. The molecule has 18 heavy (non-hydrogen) atoms. The zero-order valence-corrected chi connectivity index (χ0v) is 12.0. The summed E-state index contributed by atoms with van der Waals surface area (Å²) < 4.78 is 7.00. The van der Waals surface area contributed by atoms with E-state index in [9.17, 15) is 4.79 Å². The molecular weight excluding hydrogens is 368 g/mol. The van der Waals surface area contributed by atoms with E-state index in [2.05, 4.69) is 41.8 Å². The summed E-state index contributed by atoms with van der Waals surface area (Å²) in [5.41, 5.74) is -0.117. The maximum Gasteiger partial charge on any atom is 0.354 e. The number of hydrogen-bond acceptors (Lipinski definition) is 4. The topological polar surface area (TPSA) is 72.3 Å². The normalized spacial score (nSPS) is 10.1. The van der Waals surface area contributed by atoms with E-state index in [0.717, 1.165) is 4.47 Å². The van der Waals surface area contributed by atoms with Gasteiger partial charge in [-0.3, -0.25) is 0 Å². The smallest absolute Gasteiger partial charge is 0.354 e. The van der Waals surface area contributed by atoms with E-state index >= 15 is 0 Å². The first kappa shape index (κ1) is 13.0. The van der Waals surface area contributed by atoms with Crippen LogP contribution >= 0.6 is 31.9 Å². The van der Waals surface area contributed by atoms with Gasteiger partial charge in [-0.25, -0.2) is 9.78 Å². The van der Waals surface area contributed by atoms with Crippen molar-refractivity contribution in [1.29, 1.82) is 0 Å². The van der Waals surface area contributed by atoms with Gasteiger partial charge in [-0.05, 0) is 40.2 Å². The second kappa shape index (κ2) is 5.45. The van der Waals surface area contributed by atoms with Gasteiger partial charge in [-0.2, -0.15) is 4.98 Å². The van der Waals surface area contributed by atoms with Gasteiger partial charge in [0.15, 0.2) is 5.69 Å². The van der Waals surface area contributed by atoms with Crippen molar-refractivity contribution in [3.8, 4) is 11.8 Å². The van der Waals surface area contributed by atoms with Crippen molar-refractivity contribution in [3.63, 3.8) is 0 Å². The van der Waals surface area contributed by atoms with E-state index in [-0.39, 0.29) is 11.7 Å². The third-order valence-electron chi connectivity index (χ3n) is 1.95. The Labute approximate surface area is 119 Å². The van der Waals surface area contributed by atoms with E-state index in [1.54, 1.807) is 18.2 Å². The molecular formula is C11H6Br2N2O3. The fraction of sp³-hybridized carbons (Fsp3) is 0. The quantitative estimate of drug-likeness (QED) is 0.891. The molecule has 2 aromatic rings. The van der Waals surface area contributed by atoms with E-state index in [4.69, 9.17) is 9.84 Å². The van der Waals surface area contributed by atoms with Crippen LogP contribution in [0.15, 0.2) is 39.4 Å². The van der Waals surface area contributed by atoms with Crippen LogP contribution in [-0.2, 0) is 0 Å². The maximum atomic E-state index is 10.8. The molecule has 0 radical (unpaired) electrons. The zero-order valence-electron chi connectivity index (χ0n) is 8.80. The summed E-state index contributed by atoms with van der Waals surface area (Å²) in [6, 6.07) is 6.59. The predicted octanol–water partition coefficient (Wildman–Crippen LogP) is 3.49. The number of rotatable bonds is 3. The van der Waals surface area contributed by atoms with E-state index in [0.29, 0.717) is 10.2 Å². The Hall–Kier alpha value is -1.47. The van der Waals surface area contributed by atoms with Gasteiger partial charge >= 0.3 is 12.0 Å². The second-order valence-corrected chi connectivity index (χ2v) is 4.98. The van der Waals surface area contributed by atoms with Gasteiger partial charge in [0.1, 0.15) is 5.75 Å². The molecule has 1 aromatic carbocycles. The number of carboxylic acids is 1. The Bertz CT molecular complexity index is 605. The van der Waals surface area contributed by atoms with E-state index < -0.39 is 5.97 Å².